The molecule has 0 saturated heterocycles. The summed E-state index contributed by atoms with van der Waals surface area (Å²) in [7, 11) is 0. The van der Waals surface area contributed by atoms with Crippen LogP contribution in [0.5, 0.6) is 0 Å². The van der Waals surface area contributed by atoms with Gasteiger partial charge in [0.2, 0.25) is 6.17 Å². The van der Waals surface area contributed by atoms with Gasteiger partial charge >= 0.3 is 0 Å². The second-order valence-electron chi connectivity index (χ2n) is 4.21. The molecular formula is C8H14N4O2. The minimum Gasteiger partial charge on any atom is -0.388 e. The van der Waals surface area contributed by atoms with Gasteiger partial charge in [-0.05, 0) is 10.6 Å². The van der Waals surface area contributed by atoms with E-state index in [1.165, 1.54) is 17.3 Å². The predicted octanol–water partition coefficient (Wildman–Crippen LogP) is 0.950. The van der Waals surface area contributed by atoms with Crippen molar-refractivity contribution in [3.63, 3.8) is 0 Å². The molecule has 0 aromatic carbocycles. The lowest BCUT2D eigenvalue weighted by molar-refractivity contribution is 0.0149. The molecule has 0 aliphatic carbocycles. The third-order valence-corrected chi connectivity index (χ3v) is 1.99. The molecule has 0 fully saturated rings. The number of hydrogen-bond acceptors (Lipinski definition) is 5. The molecule has 1 rings (SSSR count). The van der Waals surface area contributed by atoms with Crippen LogP contribution >= 0.6 is 0 Å². The lowest BCUT2D eigenvalue weighted by Crippen LogP contribution is -2.34. The molecular weight excluding hydrogens is 184 g/mol. The zero-order valence-electron chi connectivity index (χ0n) is 8.45. The van der Waals surface area contributed by atoms with E-state index in [0.29, 0.717) is 0 Å². The summed E-state index contributed by atoms with van der Waals surface area (Å²) in [6, 6.07) is 0. The highest BCUT2D eigenvalue weighted by atomic mass is 16.3. The first kappa shape index (κ1) is 10.8. The van der Waals surface area contributed by atoms with E-state index in [-0.39, 0.29) is 0 Å². The van der Waals surface area contributed by atoms with Gasteiger partial charge in [0, 0.05) is 0 Å². The smallest absolute Gasteiger partial charge is 0.210 e. The number of aliphatic hydroxyl groups is 1. The van der Waals surface area contributed by atoms with Crippen LogP contribution in [0.25, 0.3) is 0 Å². The Bertz CT molecular complexity index is 291. The van der Waals surface area contributed by atoms with Gasteiger partial charge in [0.05, 0.1) is 0 Å². The summed E-state index contributed by atoms with van der Waals surface area (Å²) < 4.78 is 1.25. The van der Waals surface area contributed by atoms with E-state index < -0.39 is 17.7 Å². The number of aromatic nitrogens is 3. The summed E-state index contributed by atoms with van der Waals surface area (Å²) in [5.74, 6) is 0. The number of hydrogen-bond donors (Lipinski definition) is 1. The number of rotatable bonds is 3. The maximum Gasteiger partial charge on any atom is 0.210 e. The van der Waals surface area contributed by atoms with E-state index in [4.69, 9.17) is 0 Å². The van der Waals surface area contributed by atoms with Gasteiger partial charge in [0.1, 0.15) is 18.8 Å². The second kappa shape index (κ2) is 3.83. The second-order valence-corrected chi connectivity index (χ2v) is 4.21. The summed E-state index contributed by atoms with van der Waals surface area (Å²) in [5.41, 5.74) is -0.426. The van der Waals surface area contributed by atoms with E-state index >= 15 is 0 Å². The average molecular weight is 198 g/mol. The van der Waals surface area contributed by atoms with Crippen molar-refractivity contribution in [2.45, 2.75) is 33.0 Å². The quantitative estimate of drug-likeness (QED) is 0.733. The molecule has 2 atom stereocenters. The number of nitroso groups, excluding NO2 is 1. The summed E-state index contributed by atoms with van der Waals surface area (Å²) in [5, 5.41) is 16.5. The summed E-state index contributed by atoms with van der Waals surface area (Å²) in [6.07, 6.45) is 0.855. The fraction of sp³-hybridized carbons (Fsp3) is 0.750. The van der Waals surface area contributed by atoms with Crippen molar-refractivity contribution in [3.05, 3.63) is 17.6 Å². The van der Waals surface area contributed by atoms with Crippen LogP contribution < -0.4 is 0 Å². The van der Waals surface area contributed by atoms with Crippen LogP contribution in [0.15, 0.2) is 17.8 Å². The van der Waals surface area contributed by atoms with Crippen LogP contribution in [0.1, 0.15) is 26.9 Å². The number of nitrogens with zero attached hydrogens (tertiary/aromatic N) is 4. The maximum atomic E-state index is 10.6. The largest absolute Gasteiger partial charge is 0.388 e. The molecule has 0 aliphatic heterocycles. The van der Waals surface area contributed by atoms with Gasteiger partial charge in [-0.1, -0.05) is 20.8 Å². The molecule has 2 unspecified atom stereocenters. The predicted molar refractivity (Wildman–Crippen MR) is 50.3 cm³/mol. The first-order valence-corrected chi connectivity index (χ1v) is 4.31. The van der Waals surface area contributed by atoms with Gasteiger partial charge in [-0.15, -0.1) is 4.91 Å². The SMILES string of the molecule is CC(C)(C)C(O)C(N=O)n1cncn1. The zero-order valence-corrected chi connectivity index (χ0v) is 8.45. The van der Waals surface area contributed by atoms with Crippen molar-refractivity contribution in [1.82, 2.24) is 14.8 Å². The Kier molecular flexibility index (Phi) is 2.95. The van der Waals surface area contributed by atoms with Gasteiger partial charge in [-0.3, -0.25) is 0 Å². The van der Waals surface area contributed by atoms with E-state index in [0.717, 1.165) is 0 Å². The Morgan fingerprint density at radius 1 is 1.50 bits per heavy atom. The van der Waals surface area contributed by atoms with Crippen LogP contribution in [-0.2, 0) is 0 Å². The first-order valence-electron chi connectivity index (χ1n) is 4.31. The van der Waals surface area contributed by atoms with E-state index in [1.54, 1.807) is 0 Å². The lowest BCUT2D eigenvalue weighted by atomic mass is 9.87. The molecule has 0 bridgehead atoms. The van der Waals surface area contributed by atoms with Crippen molar-refractivity contribution in [2.24, 2.45) is 10.6 Å². The van der Waals surface area contributed by atoms with Crippen LogP contribution in [0, 0.1) is 10.3 Å². The molecule has 1 aromatic rings. The molecule has 1 heterocycles. The Hall–Kier alpha value is -1.30. The monoisotopic (exact) mass is 198 g/mol. The number of aliphatic hydroxyl groups excluding tert-OH is 1. The van der Waals surface area contributed by atoms with Crippen molar-refractivity contribution in [3.8, 4) is 0 Å². The molecule has 1 aromatic heterocycles. The average Bonchev–Trinajstić information content (AvgIpc) is 2.57. The van der Waals surface area contributed by atoms with Crippen molar-refractivity contribution < 1.29 is 5.11 Å². The van der Waals surface area contributed by atoms with Crippen LogP contribution in [0.2, 0.25) is 0 Å². The highest BCUT2D eigenvalue weighted by Gasteiger charge is 2.33. The van der Waals surface area contributed by atoms with Gasteiger partial charge in [0.25, 0.3) is 0 Å². The van der Waals surface area contributed by atoms with E-state index in [2.05, 4.69) is 15.3 Å². The summed E-state index contributed by atoms with van der Waals surface area (Å²) >= 11 is 0. The molecule has 0 aliphatic rings. The third-order valence-electron chi connectivity index (χ3n) is 1.99. The Morgan fingerprint density at radius 3 is 2.50 bits per heavy atom. The van der Waals surface area contributed by atoms with E-state index in [1.807, 2.05) is 20.8 Å². The highest BCUT2D eigenvalue weighted by molar-refractivity contribution is 4.82. The Balaban J connectivity index is 2.88. The van der Waals surface area contributed by atoms with Crippen molar-refractivity contribution in [2.75, 3.05) is 0 Å². The molecule has 0 saturated carbocycles. The Labute approximate surface area is 81.9 Å². The van der Waals surface area contributed by atoms with Gasteiger partial charge in [-0.2, -0.15) is 5.10 Å². The zero-order chi connectivity index (χ0) is 10.8. The van der Waals surface area contributed by atoms with Gasteiger partial charge < -0.3 is 5.11 Å². The molecule has 6 nitrogen and oxygen atoms in total. The van der Waals surface area contributed by atoms with Crippen LogP contribution in [0.3, 0.4) is 0 Å². The van der Waals surface area contributed by atoms with E-state index in [9.17, 15) is 10.0 Å². The molecule has 78 valence electrons. The molecule has 1 N–H and O–H groups in total. The van der Waals surface area contributed by atoms with Crippen molar-refractivity contribution >= 4 is 0 Å². The van der Waals surface area contributed by atoms with Crippen molar-refractivity contribution in [1.29, 1.82) is 0 Å². The highest BCUT2D eigenvalue weighted by Crippen LogP contribution is 2.28. The molecule has 0 radical (unpaired) electrons. The minimum atomic E-state index is -0.919. The third kappa shape index (κ3) is 2.14. The fourth-order valence-corrected chi connectivity index (χ4v) is 1.05. The van der Waals surface area contributed by atoms with Crippen LogP contribution in [0.4, 0.5) is 0 Å². The van der Waals surface area contributed by atoms with Crippen LogP contribution in [-0.4, -0.2) is 26.0 Å². The molecule has 14 heavy (non-hydrogen) atoms. The minimum absolute atomic E-state index is 0.426. The Morgan fingerprint density at radius 2 is 2.14 bits per heavy atom. The summed E-state index contributed by atoms with van der Waals surface area (Å²) in [6.45, 7) is 5.48. The topological polar surface area (TPSA) is 80.4 Å². The fourth-order valence-electron chi connectivity index (χ4n) is 1.05. The standard InChI is InChI=1S/C8H14N4O2/c1-8(2,3)6(13)7(11-14)12-5-9-4-10-12/h4-7,13H,1-3H3. The van der Waals surface area contributed by atoms with Gasteiger partial charge in [0.15, 0.2) is 0 Å². The van der Waals surface area contributed by atoms with Gasteiger partial charge in [-0.25, -0.2) is 9.67 Å². The lowest BCUT2D eigenvalue weighted by Gasteiger charge is -2.28. The molecule has 6 heteroatoms. The maximum absolute atomic E-state index is 10.6. The molecule has 0 spiro atoms. The molecule has 0 amide bonds. The first-order chi connectivity index (χ1) is 6.46. The normalized spacial score (nSPS) is 16.3. The summed E-state index contributed by atoms with van der Waals surface area (Å²) in [4.78, 5) is 14.3.